The Hall–Kier alpha value is -3.44. The van der Waals surface area contributed by atoms with Crippen molar-refractivity contribution in [3.63, 3.8) is 0 Å². The van der Waals surface area contributed by atoms with Gasteiger partial charge in [0.2, 0.25) is 0 Å². The summed E-state index contributed by atoms with van der Waals surface area (Å²) in [5, 5.41) is 6.02. The van der Waals surface area contributed by atoms with Gasteiger partial charge in [-0.1, -0.05) is 60.7 Å². The number of rotatable bonds is 8. The van der Waals surface area contributed by atoms with E-state index in [4.69, 9.17) is 0 Å². The normalized spacial score (nSPS) is 14.6. The summed E-state index contributed by atoms with van der Waals surface area (Å²) in [6.45, 7) is 3.13. The first-order chi connectivity index (χ1) is 15.7. The Bertz CT molecular complexity index is 1010. The first-order valence-electron chi connectivity index (χ1n) is 11.2. The molecule has 0 saturated carbocycles. The molecule has 0 aliphatic carbocycles. The number of carbonyl (C=O) groups is 2. The molecule has 0 bridgehead atoms. The molecule has 1 saturated heterocycles. The SMILES string of the molecule is O=C(NCc1ccc(C(=O)NCC(c2ccccc2)N2CCCC2)cc1)c1ccccc1. The van der Waals surface area contributed by atoms with Crippen molar-refractivity contribution in [1.82, 2.24) is 15.5 Å². The van der Waals surface area contributed by atoms with Gasteiger partial charge in [-0.3, -0.25) is 14.5 Å². The largest absolute Gasteiger partial charge is 0.350 e. The number of hydrogen-bond donors (Lipinski definition) is 2. The van der Waals surface area contributed by atoms with Gasteiger partial charge in [0.15, 0.2) is 0 Å². The number of nitrogens with zero attached hydrogens (tertiary/aromatic N) is 1. The van der Waals surface area contributed by atoms with Crippen LogP contribution in [0, 0.1) is 0 Å². The van der Waals surface area contributed by atoms with Crippen molar-refractivity contribution in [3.05, 3.63) is 107 Å². The van der Waals surface area contributed by atoms with Crippen LogP contribution in [0.5, 0.6) is 0 Å². The zero-order valence-electron chi connectivity index (χ0n) is 18.2. The van der Waals surface area contributed by atoms with Crippen molar-refractivity contribution >= 4 is 11.8 Å². The van der Waals surface area contributed by atoms with E-state index in [0.29, 0.717) is 24.2 Å². The average molecular weight is 428 g/mol. The van der Waals surface area contributed by atoms with Crippen LogP contribution in [0.4, 0.5) is 0 Å². The summed E-state index contributed by atoms with van der Waals surface area (Å²) in [7, 11) is 0. The molecule has 32 heavy (non-hydrogen) atoms. The van der Waals surface area contributed by atoms with Crippen molar-refractivity contribution in [2.45, 2.75) is 25.4 Å². The fraction of sp³-hybridized carbons (Fsp3) is 0.259. The minimum absolute atomic E-state index is 0.0787. The topological polar surface area (TPSA) is 61.4 Å². The molecule has 1 fully saturated rings. The highest BCUT2D eigenvalue weighted by Gasteiger charge is 2.24. The summed E-state index contributed by atoms with van der Waals surface area (Å²) >= 11 is 0. The second-order valence-electron chi connectivity index (χ2n) is 8.13. The standard InChI is InChI=1S/C27H29N3O2/c31-26(23-11-5-2-6-12-23)28-19-21-13-15-24(16-14-21)27(32)29-20-25(30-17-7-8-18-30)22-9-3-1-4-10-22/h1-6,9-16,25H,7-8,17-20H2,(H,28,31)(H,29,32). The first kappa shape index (κ1) is 21.8. The zero-order valence-corrected chi connectivity index (χ0v) is 18.2. The van der Waals surface area contributed by atoms with Crippen LogP contribution in [0.3, 0.4) is 0 Å². The minimum Gasteiger partial charge on any atom is -0.350 e. The number of benzene rings is 3. The molecule has 0 spiro atoms. The fourth-order valence-corrected chi connectivity index (χ4v) is 4.13. The molecule has 4 rings (SSSR count). The number of nitrogens with one attached hydrogen (secondary N) is 2. The van der Waals surface area contributed by atoms with Crippen molar-refractivity contribution in [2.75, 3.05) is 19.6 Å². The summed E-state index contributed by atoms with van der Waals surface area (Å²) in [5.41, 5.74) is 3.44. The fourth-order valence-electron chi connectivity index (χ4n) is 4.13. The van der Waals surface area contributed by atoms with Gasteiger partial charge in [0.1, 0.15) is 0 Å². The highest BCUT2D eigenvalue weighted by molar-refractivity contribution is 5.95. The van der Waals surface area contributed by atoms with Gasteiger partial charge < -0.3 is 10.6 Å². The quantitative estimate of drug-likeness (QED) is 0.567. The Morgan fingerprint density at radius 1 is 0.719 bits per heavy atom. The Kier molecular flexibility index (Phi) is 7.31. The van der Waals surface area contributed by atoms with Crippen LogP contribution >= 0.6 is 0 Å². The molecule has 1 aliphatic rings. The van der Waals surface area contributed by atoms with Crippen LogP contribution in [-0.2, 0) is 6.54 Å². The third-order valence-corrected chi connectivity index (χ3v) is 5.93. The summed E-state index contributed by atoms with van der Waals surface area (Å²) < 4.78 is 0. The monoisotopic (exact) mass is 427 g/mol. The minimum atomic E-state index is -0.110. The molecule has 2 amide bonds. The molecule has 3 aromatic carbocycles. The van der Waals surface area contributed by atoms with E-state index in [9.17, 15) is 9.59 Å². The second kappa shape index (κ2) is 10.7. The van der Waals surface area contributed by atoms with Crippen molar-refractivity contribution in [1.29, 1.82) is 0 Å². The van der Waals surface area contributed by atoms with Crippen LogP contribution in [0.1, 0.15) is 50.7 Å². The van der Waals surface area contributed by atoms with Gasteiger partial charge in [0.05, 0.1) is 6.04 Å². The molecule has 1 aliphatic heterocycles. The molecule has 5 nitrogen and oxygen atoms in total. The predicted molar refractivity (Wildman–Crippen MR) is 126 cm³/mol. The number of amides is 2. The number of carbonyl (C=O) groups excluding carboxylic acids is 2. The maximum absolute atomic E-state index is 12.8. The van der Waals surface area contributed by atoms with E-state index in [-0.39, 0.29) is 17.9 Å². The number of hydrogen-bond acceptors (Lipinski definition) is 3. The lowest BCUT2D eigenvalue weighted by Gasteiger charge is -2.28. The molecule has 1 unspecified atom stereocenters. The molecule has 0 aromatic heterocycles. The molecule has 0 radical (unpaired) electrons. The Labute approximate surface area is 189 Å². The van der Waals surface area contributed by atoms with E-state index in [2.05, 4.69) is 39.8 Å². The molecular formula is C27H29N3O2. The van der Waals surface area contributed by atoms with Crippen molar-refractivity contribution in [2.24, 2.45) is 0 Å². The molecule has 3 aromatic rings. The predicted octanol–water partition coefficient (Wildman–Crippen LogP) is 4.18. The third-order valence-electron chi connectivity index (χ3n) is 5.93. The van der Waals surface area contributed by atoms with Gasteiger partial charge in [-0.2, -0.15) is 0 Å². The van der Waals surface area contributed by atoms with Crippen LogP contribution in [-0.4, -0.2) is 36.3 Å². The highest BCUT2D eigenvalue weighted by atomic mass is 16.2. The van der Waals surface area contributed by atoms with E-state index >= 15 is 0 Å². The maximum atomic E-state index is 12.8. The molecule has 1 heterocycles. The summed E-state index contributed by atoms with van der Waals surface area (Å²) in [6.07, 6.45) is 2.42. The van der Waals surface area contributed by atoms with Gasteiger partial charge in [0, 0.05) is 24.2 Å². The molecule has 5 heteroatoms. The first-order valence-corrected chi connectivity index (χ1v) is 11.2. The lowest BCUT2D eigenvalue weighted by Crippen LogP contribution is -2.36. The summed E-state index contributed by atoms with van der Waals surface area (Å²) in [5.74, 6) is -0.189. The van der Waals surface area contributed by atoms with Gasteiger partial charge >= 0.3 is 0 Å². The lowest BCUT2D eigenvalue weighted by atomic mass is 10.1. The number of likely N-dealkylation sites (tertiary alicyclic amines) is 1. The van der Waals surface area contributed by atoms with Crippen molar-refractivity contribution < 1.29 is 9.59 Å². The smallest absolute Gasteiger partial charge is 0.251 e. The van der Waals surface area contributed by atoms with E-state index < -0.39 is 0 Å². The summed E-state index contributed by atoms with van der Waals surface area (Å²) in [6, 6.07) is 27.1. The lowest BCUT2D eigenvalue weighted by molar-refractivity contribution is 0.0933. The third kappa shape index (κ3) is 5.62. The molecule has 2 N–H and O–H groups in total. The highest BCUT2D eigenvalue weighted by Crippen LogP contribution is 2.24. The van der Waals surface area contributed by atoms with E-state index in [1.807, 2.05) is 48.5 Å². The van der Waals surface area contributed by atoms with E-state index in [0.717, 1.165) is 18.7 Å². The molecular weight excluding hydrogens is 398 g/mol. The second-order valence-corrected chi connectivity index (χ2v) is 8.13. The van der Waals surface area contributed by atoms with Gasteiger partial charge in [-0.15, -0.1) is 0 Å². The summed E-state index contributed by atoms with van der Waals surface area (Å²) in [4.78, 5) is 27.4. The molecule has 164 valence electrons. The Morgan fingerprint density at radius 3 is 1.94 bits per heavy atom. The van der Waals surface area contributed by atoms with Crippen molar-refractivity contribution in [3.8, 4) is 0 Å². The Balaban J connectivity index is 1.32. The average Bonchev–Trinajstić information content (AvgIpc) is 3.39. The zero-order chi connectivity index (χ0) is 22.2. The van der Waals surface area contributed by atoms with Gasteiger partial charge in [0.25, 0.3) is 11.8 Å². The van der Waals surface area contributed by atoms with Crippen LogP contribution in [0.15, 0.2) is 84.9 Å². The van der Waals surface area contributed by atoms with Crippen LogP contribution < -0.4 is 10.6 Å². The van der Waals surface area contributed by atoms with Crippen LogP contribution in [0.25, 0.3) is 0 Å². The van der Waals surface area contributed by atoms with Crippen LogP contribution in [0.2, 0.25) is 0 Å². The van der Waals surface area contributed by atoms with E-state index in [1.165, 1.54) is 18.4 Å². The van der Waals surface area contributed by atoms with Gasteiger partial charge in [-0.05, 0) is 61.3 Å². The van der Waals surface area contributed by atoms with Gasteiger partial charge in [-0.25, -0.2) is 0 Å². The maximum Gasteiger partial charge on any atom is 0.251 e. The van der Waals surface area contributed by atoms with E-state index in [1.54, 1.807) is 12.1 Å². The Morgan fingerprint density at radius 2 is 1.28 bits per heavy atom. The molecule has 1 atom stereocenters.